The summed E-state index contributed by atoms with van der Waals surface area (Å²) in [6.45, 7) is 10.3. The Hall–Kier alpha value is -0.900. The number of nitrogens with zero attached hydrogens (tertiary/aromatic N) is 2. The van der Waals surface area contributed by atoms with Gasteiger partial charge in [-0.15, -0.1) is 0 Å². The number of Topliss-reactive ketones (excluding diaryl/α,β-unsaturated/α-hetero) is 1. The molecule has 1 aliphatic heterocycles. The summed E-state index contributed by atoms with van der Waals surface area (Å²) in [7, 11) is 1.99. The van der Waals surface area contributed by atoms with E-state index in [1.54, 1.807) is 0 Å². The molecule has 1 heterocycles. The Bertz CT molecular complexity index is 310. The molecule has 1 unspecified atom stereocenters. The van der Waals surface area contributed by atoms with Gasteiger partial charge in [0.1, 0.15) is 5.78 Å². The van der Waals surface area contributed by atoms with Crippen LogP contribution < -0.4 is 0 Å². The van der Waals surface area contributed by atoms with Crippen LogP contribution in [-0.4, -0.2) is 54.2 Å². The molecule has 4 heteroatoms. The monoisotopic (exact) mass is 254 g/mol. The average Bonchev–Trinajstić information content (AvgIpc) is 2.27. The molecule has 1 amide bonds. The first-order chi connectivity index (χ1) is 8.21. The van der Waals surface area contributed by atoms with Crippen LogP contribution >= 0.6 is 0 Å². The number of carbonyl (C=O) groups excluding carboxylic acids is 2. The van der Waals surface area contributed by atoms with Crippen molar-refractivity contribution in [2.75, 3.05) is 26.7 Å². The van der Waals surface area contributed by atoms with Crippen LogP contribution in [-0.2, 0) is 9.59 Å². The van der Waals surface area contributed by atoms with Crippen LogP contribution in [0.1, 0.15) is 40.5 Å². The summed E-state index contributed by atoms with van der Waals surface area (Å²) in [6, 6.07) is 0.341. The molecular weight excluding hydrogens is 228 g/mol. The topological polar surface area (TPSA) is 40.6 Å². The number of hydrogen-bond donors (Lipinski definition) is 0. The molecule has 104 valence electrons. The van der Waals surface area contributed by atoms with Gasteiger partial charge < -0.3 is 4.90 Å². The number of carbonyl (C=O) groups is 2. The van der Waals surface area contributed by atoms with Gasteiger partial charge in [0, 0.05) is 32.0 Å². The minimum atomic E-state index is 0.140. The smallest absolute Gasteiger partial charge is 0.236 e. The second-order valence-corrected chi connectivity index (χ2v) is 6.38. The highest BCUT2D eigenvalue weighted by Crippen LogP contribution is 2.22. The van der Waals surface area contributed by atoms with E-state index < -0.39 is 0 Å². The van der Waals surface area contributed by atoms with Gasteiger partial charge in [0.05, 0.1) is 6.54 Å². The molecule has 1 rings (SSSR count). The van der Waals surface area contributed by atoms with Crippen molar-refractivity contribution in [3.8, 4) is 0 Å². The first-order valence-electron chi connectivity index (χ1n) is 6.71. The molecule has 1 aliphatic rings. The average molecular weight is 254 g/mol. The molecule has 0 spiro atoms. The van der Waals surface area contributed by atoms with Crippen LogP contribution in [0.15, 0.2) is 0 Å². The summed E-state index contributed by atoms with van der Waals surface area (Å²) in [4.78, 5) is 27.2. The van der Waals surface area contributed by atoms with Crippen molar-refractivity contribution in [2.24, 2.45) is 5.41 Å². The Morgan fingerprint density at radius 1 is 1.33 bits per heavy atom. The molecule has 0 aromatic rings. The zero-order chi connectivity index (χ0) is 13.9. The van der Waals surface area contributed by atoms with Gasteiger partial charge in [-0.05, 0) is 19.4 Å². The van der Waals surface area contributed by atoms with Crippen molar-refractivity contribution in [1.82, 2.24) is 9.80 Å². The van der Waals surface area contributed by atoms with Gasteiger partial charge in [-0.3, -0.25) is 14.5 Å². The number of piperidine rings is 1. The minimum absolute atomic E-state index is 0.140. The van der Waals surface area contributed by atoms with Crippen LogP contribution in [0.5, 0.6) is 0 Å². The van der Waals surface area contributed by atoms with Crippen molar-refractivity contribution in [3.05, 3.63) is 0 Å². The molecular formula is C14H26N2O2. The predicted octanol–water partition coefficient (Wildman–Crippen LogP) is 1.54. The van der Waals surface area contributed by atoms with Gasteiger partial charge in [-0.1, -0.05) is 20.8 Å². The van der Waals surface area contributed by atoms with Crippen molar-refractivity contribution < 1.29 is 9.59 Å². The molecule has 1 saturated heterocycles. The van der Waals surface area contributed by atoms with Crippen LogP contribution in [0.3, 0.4) is 0 Å². The fraction of sp³-hybridized carbons (Fsp3) is 0.857. The van der Waals surface area contributed by atoms with Gasteiger partial charge in [0.15, 0.2) is 0 Å². The molecule has 0 bridgehead atoms. The largest absolute Gasteiger partial charge is 0.341 e. The summed E-state index contributed by atoms with van der Waals surface area (Å²) >= 11 is 0. The van der Waals surface area contributed by atoms with E-state index >= 15 is 0 Å². The molecule has 18 heavy (non-hydrogen) atoms. The molecule has 4 nitrogen and oxygen atoms in total. The second-order valence-electron chi connectivity index (χ2n) is 6.38. The molecule has 0 N–H and O–H groups in total. The number of ketones is 1. The zero-order valence-electron chi connectivity index (χ0n) is 12.3. The zero-order valence-corrected chi connectivity index (χ0v) is 12.3. The summed E-state index contributed by atoms with van der Waals surface area (Å²) in [6.07, 6.45) is 1.04. The van der Waals surface area contributed by atoms with E-state index in [2.05, 4.69) is 32.6 Å². The van der Waals surface area contributed by atoms with Crippen molar-refractivity contribution in [1.29, 1.82) is 0 Å². The maximum atomic E-state index is 12.1. The number of amides is 1. The highest BCUT2D eigenvalue weighted by Gasteiger charge is 2.27. The Kier molecular flexibility index (Phi) is 4.91. The van der Waals surface area contributed by atoms with Gasteiger partial charge in [-0.25, -0.2) is 0 Å². The molecule has 0 aromatic heterocycles. The third kappa shape index (κ3) is 4.09. The summed E-state index contributed by atoms with van der Waals surface area (Å²) in [5, 5.41) is 0. The minimum Gasteiger partial charge on any atom is -0.341 e. The Labute approximate surface area is 110 Å². The lowest BCUT2D eigenvalue weighted by molar-refractivity contribution is -0.136. The fourth-order valence-electron chi connectivity index (χ4n) is 2.12. The van der Waals surface area contributed by atoms with Gasteiger partial charge >= 0.3 is 0 Å². The number of likely N-dealkylation sites (N-methyl/N-ethyl adjacent to an activating group) is 1. The quantitative estimate of drug-likeness (QED) is 0.767. The molecule has 0 aromatic carbocycles. The van der Waals surface area contributed by atoms with Gasteiger partial charge in [0.2, 0.25) is 5.91 Å². The van der Waals surface area contributed by atoms with E-state index in [0.29, 0.717) is 38.5 Å². The molecule has 0 aliphatic carbocycles. The Morgan fingerprint density at radius 3 is 2.28 bits per heavy atom. The molecule has 1 atom stereocenters. The van der Waals surface area contributed by atoms with Crippen LogP contribution in [0.2, 0.25) is 0 Å². The molecule has 0 radical (unpaired) electrons. The maximum Gasteiger partial charge on any atom is 0.236 e. The third-order valence-electron chi connectivity index (χ3n) is 3.97. The van der Waals surface area contributed by atoms with Crippen molar-refractivity contribution in [3.63, 3.8) is 0 Å². The third-order valence-corrected chi connectivity index (χ3v) is 3.97. The number of likely N-dealkylation sites (tertiary alicyclic amines) is 1. The fourth-order valence-corrected chi connectivity index (χ4v) is 2.12. The standard InChI is InChI=1S/C14H26N2O2/c1-11(14(2,3)4)15(5)10-13(18)16-8-6-12(17)7-9-16/h11H,6-10H2,1-5H3. The summed E-state index contributed by atoms with van der Waals surface area (Å²) in [5.74, 6) is 0.413. The van der Waals surface area contributed by atoms with E-state index in [-0.39, 0.29) is 17.1 Å². The Morgan fingerprint density at radius 2 is 1.83 bits per heavy atom. The predicted molar refractivity (Wildman–Crippen MR) is 72.4 cm³/mol. The highest BCUT2D eigenvalue weighted by molar-refractivity contribution is 5.84. The normalized spacial score (nSPS) is 19.2. The molecule has 1 fully saturated rings. The lowest BCUT2D eigenvalue weighted by Crippen LogP contribution is -2.47. The highest BCUT2D eigenvalue weighted by atomic mass is 16.2. The van der Waals surface area contributed by atoms with Crippen LogP contribution in [0.25, 0.3) is 0 Å². The van der Waals surface area contributed by atoms with Crippen LogP contribution in [0, 0.1) is 5.41 Å². The number of hydrogen-bond acceptors (Lipinski definition) is 3. The van der Waals surface area contributed by atoms with Crippen molar-refractivity contribution >= 4 is 11.7 Å². The van der Waals surface area contributed by atoms with E-state index in [0.717, 1.165) is 0 Å². The van der Waals surface area contributed by atoms with Crippen LogP contribution in [0.4, 0.5) is 0 Å². The lowest BCUT2D eigenvalue weighted by atomic mass is 9.87. The molecule has 0 saturated carbocycles. The van der Waals surface area contributed by atoms with E-state index in [4.69, 9.17) is 0 Å². The lowest BCUT2D eigenvalue weighted by Gasteiger charge is -2.36. The van der Waals surface area contributed by atoms with E-state index in [1.165, 1.54) is 0 Å². The van der Waals surface area contributed by atoms with E-state index in [1.807, 2.05) is 11.9 Å². The second kappa shape index (κ2) is 5.83. The first-order valence-corrected chi connectivity index (χ1v) is 6.71. The van der Waals surface area contributed by atoms with E-state index in [9.17, 15) is 9.59 Å². The van der Waals surface area contributed by atoms with Crippen molar-refractivity contribution in [2.45, 2.75) is 46.6 Å². The SMILES string of the molecule is CC(N(C)CC(=O)N1CCC(=O)CC1)C(C)(C)C. The summed E-state index contributed by atoms with van der Waals surface area (Å²) < 4.78 is 0. The maximum absolute atomic E-state index is 12.1. The first kappa shape index (κ1) is 15.2. The number of rotatable bonds is 3. The van der Waals surface area contributed by atoms with Gasteiger partial charge in [0.25, 0.3) is 0 Å². The Balaban J connectivity index is 2.47. The van der Waals surface area contributed by atoms with Gasteiger partial charge in [-0.2, -0.15) is 0 Å². The summed E-state index contributed by atoms with van der Waals surface area (Å²) in [5.41, 5.74) is 0.160.